The Labute approximate surface area is 96.2 Å². The Balaban J connectivity index is 2.02. The van der Waals surface area contributed by atoms with Crippen molar-refractivity contribution in [2.45, 2.75) is 31.5 Å². The number of hydrogen-bond acceptors (Lipinski definition) is 6. The average molecular weight is 240 g/mol. The van der Waals surface area contributed by atoms with Gasteiger partial charge in [0.1, 0.15) is 12.2 Å². The van der Waals surface area contributed by atoms with Crippen LogP contribution in [0.1, 0.15) is 11.8 Å². The standard InChI is InChI=1S/C10H12N2O5/c1-4-2-12-9-7(6(14)5(3-13)16-9)17-10(12)11-8(4)15/h2,5-7,9,13-14H,3H2,1H3/t5-,6-,7+,9+/m1/s1. The van der Waals surface area contributed by atoms with Gasteiger partial charge in [0.05, 0.1) is 6.61 Å². The van der Waals surface area contributed by atoms with Crippen LogP contribution < -0.4 is 10.3 Å². The summed E-state index contributed by atoms with van der Waals surface area (Å²) in [5, 5.41) is 18.9. The summed E-state index contributed by atoms with van der Waals surface area (Å²) in [6.45, 7) is 1.37. The van der Waals surface area contributed by atoms with Gasteiger partial charge in [-0.1, -0.05) is 0 Å². The summed E-state index contributed by atoms with van der Waals surface area (Å²) in [6.07, 6.45) is -1.17. The van der Waals surface area contributed by atoms with E-state index >= 15 is 0 Å². The quantitative estimate of drug-likeness (QED) is 0.624. The van der Waals surface area contributed by atoms with Crippen LogP contribution in [0.5, 0.6) is 6.01 Å². The Hall–Kier alpha value is -1.44. The molecule has 7 heteroatoms. The molecule has 92 valence electrons. The molecule has 2 aliphatic heterocycles. The lowest BCUT2D eigenvalue weighted by Gasteiger charge is -2.14. The molecule has 0 spiro atoms. The smallest absolute Gasteiger partial charge is 0.302 e. The van der Waals surface area contributed by atoms with Gasteiger partial charge in [0.15, 0.2) is 12.3 Å². The summed E-state index contributed by atoms with van der Waals surface area (Å²) in [5.41, 5.74) is 0.118. The van der Waals surface area contributed by atoms with Crippen LogP contribution in [-0.2, 0) is 4.74 Å². The molecule has 0 amide bonds. The SMILES string of the molecule is Cc1cn2c(nc1=O)O[C@H]1[C@H](O)[C@@H](CO)O[C@@H]12. The van der Waals surface area contributed by atoms with Gasteiger partial charge in [0.2, 0.25) is 0 Å². The second-order valence-corrected chi connectivity index (χ2v) is 4.24. The van der Waals surface area contributed by atoms with Crippen molar-refractivity contribution in [1.82, 2.24) is 9.55 Å². The van der Waals surface area contributed by atoms with E-state index in [9.17, 15) is 9.90 Å². The van der Waals surface area contributed by atoms with Crippen LogP contribution in [0.15, 0.2) is 11.0 Å². The first kappa shape index (κ1) is 10.7. The highest BCUT2D eigenvalue weighted by Gasteiger charge is 2.50. The molecule has 1 aromatic heterocycles. The number of aliphatic hydroxyl groups is 2. The fourth-order valence-corrected chi connectivity index (χ4v) is 2.16. The maximum atomic E-state index is 11.4. The van der Waals surface area contributed by atoms with Crippen molar-refractivity contribution < 1.29 is 19.7 Å². The lowest BCUT2D eigenvalue weighted by molar-refractivity contribution is -0.0435. The van der Waals surface area contributed by atoms with Crippen LogP contribution >= 0.6 is 0 Å². The first-order chi connectivity index (χ1) is 8.11. The number of hydrogen-bond donors (Lipinski definition) is 2. The Bertz CT molecular complexity index is 514. The Morgan fingerprint density at radius 2 is 2.35 bits per heavy atom. The predicted octanol–water partition coefficient (Wildman–Crippen LogP) is -1.44. The molecule has 3 rings (SSSR count). The van der Waals surface area contributed by atoms with Crippen LogP contribution in [0.25, 0.3) is 0 Å². The van der Waals surface area contributed by atoms with Crippen molar-refractivity contribution in [3.05, 3.63) is 22.1 Å². The molecule has 0 radical (unpaired) electrons. The highest BCUT2D eigenvalue weighted by molar-refractivity contribution is 5.15. The molecule has 1 aromatic rings. The fourth-order valence-electron chi connectivity index (χ4n) is 2.16. The minimum Gasteiger partial charge on any atom is -0.453 e. The number of fused-ring (bicyclic) bond motifs is 3. The fraction of sp³-hybridized carbons (Fsp3) is 0.600. The molecule has 0 bridgehead atoms. The van der Waals surface area contributed by atoms with Gasteiger partial charge < -0.3 is 19.7 Å². The lowest BCUT2D eigenvalue weighted by atomic mass is 10.1. The summed E-state index contributed by atoms with van der Waals surface area (Å²) >= 11 is 0. The average Bonchev–Trinajstić information content (AvgIpc) is 2.78. The van der Waals surface area contributed by atoms with E-state index in [4.69, 9.17) is 14.6 Å². The maximum absolute atomic E-state index is 11.4. The van der Waals surface area contributed by atoms with Gasteiger partial charge in [0, 0.05) is 11.8 Å². The van der Waals surface area contributed by atoms with E-state index in [1.165, 1.54) is 0 Å². The molecule has 7 nitrogen and oxygen atoms in total. The van der Waals surface area contributed by atoms with Crippen LogP contribution in [0.4, 0.5) is 0 Å². The molecule has 3 heterocycles. The van der Waals surface area contributed by atoms with Crippen LogP contribution in [0.3, 0.4) is 0 Å². The van der Waals surface area contributed by atoms with Gasteiger partial charge >= 0.3 is 6.01 Å². The summed E-state index contributed by atoms with van der Waals surface area (Å²) < 4.78 is 12.4. The Kier molecular flexibility index (Phi) is 2.22. The van der Waals surface area contributed by atoms with Gasteiger partial charge in [-0.25, -0.2) is 0 Å². The number of aliphatic hydroxyl groups excluding tert-OH is 2. The summed E-state index contributed by atoms with van der Waals surface area (Å²) in [5.74, 6) is 0. The predicted molar refractivity (Wildman–Crippen MR) is 54.7 cm³/mol. The highest BCUT2D eigenvalue weighted by Crippen LogP contribution is 2.38. The van der Waals surface area contributed by atoms with Crippen molar-refractivity contribution in [2.75, 3.05) is 6.61 Å². The molecule has 0 unspecified atom stereocenters. The normalized spacial score (nSPS) is 34.3. The third-order valence-electron chi connectivity index (χ3n) is 3.10. The topological polar surface area (TPSA) is 93.8 Å². The second kappa shape index (κ2) is 3.52. The van der Waals surface area contributed by atoms with Gasteiger partial charge in [0.25, 0.3) is 5.56 Å². The molecule has 0 aromatic carbocycles. The van der Waals surface area contributed by atoms with Crippen molar-refractivity contribution in [3.8, 4) is 6.01 Å². The number of aromatic nitrogens is 2. The molecular weight excluding hydrogens is 228 g/mol. The molecule has 2 aliphatic rings. The van der Waals surface area contributed by atoms with Crippen molar-refractivity contribution in [3.63, 3.8) is 0 Å². The van der Waals surface area contributed by atoms with E-state index < -0.39 is 24.5 Å². The number of nitrogens with zero attached hydrogens (tertiary/aromatic N) is 2. The molecule has 2 N–H and O–H groups in total. The maximum Gasteiger partial charge on any atom is 0.302 e. The van der Waals surface area contributed by atoms with E-state index in [1.54, 1.807) is 17.7 Å². The molecular formula is C10H12N2O5. The largest absolute Gasteiger partial charge is 0.453 e. The van der Waals surface area contributed by atoms with Crippen LogP contribution in [0.2, 0.25) is 0 Å². The van der Waals surface area contributed by atoms with E-state index in [1.807, 2.05) is 0 Å². The van der Waals surface area contributed by atoms with Crippen LogP contribution in [0, 0.1) is 6.92 Å². The van der Waals surface area contributed by atoms with E-state index in [0.29, 0.717) is 5.56 Å². The molecule has 0 saturated carbocycles. The third kappa shape index (κ3) is 1.40. The Morgan fingerprint density at radius 3 is 3.06 bits per heavy atom. The van der Waals surface area contributed by atoms with E-state index in [0.717, 1.165) is 0 Å². The molecule has 0 aliphatic carbocycles. The lowest BCUT2D eigenvalue weighted by Crippen LogP contribution is -2.34. The molecule has 1 fully saturated rings. The molecule has 4 atom stereocenters. The number of ether oxygens (including phenoxy) is 2. The van der Waals surface area contributed by atoms with Crippen molar-refractivity contribution >= 4 is 0 Å². The third-order valence-corrected chi connectivity index (χ3v) is 3.10. The number of rotatable bonds is 1. The molecule has 1 saturated heterocycles. The van der Waals surface area contributed by atoms with Crippen molar-refractivity contribution in [2.24, 2.45) is 0 Å². The highest BCUT2D eigenvalue weighted by atomic mass is 16.6. The first-order valence-electron chi connectivity index (χ1n) is 5.32. The van der Waals surface area contributed by atoms with Gasteiger partial charge in [-0.3, -0.25) is 9.36 Å². The van der Waals surface area contributed by atoms with Crippen LogP contribution in [-0.4, -0.2) is 44.7 Å². The van der Waals surface area contributed by atoms with Crippen molar-refractivity contribution in [1.29, 1.82) is 0 Å². The minimum atomic E-state index is -0.929. The Morgan fingerprint density at radius 1 is 1.59 bits per heavy atom. The van der Waals surface area contributed by atoms with Gasteiger partial charge in [-0.05, 0) is 6.92 Å². The second-order valence-electron chi connectivity index (χ2n) is 4.24. The zero-order chi connectivity index (χ0) is 12.2. The van der Waals surface area contributed by atoms with Gasteiger partial charge in [-0.15, -0.1) is 0 Å². The van der Waals surface area contributed by atoms with E-state index in [2.05, 4.69) is 4.98 Å². The summed E-state index contributed by atoms with van der Waals surface area (Å²) in [4.78, 5) is 15.1. The summed E-state index contributed by atoms with van der Waals surface area (Å²) in [7, 11) is 0. The zero-order valence-corrected chi connectivity index (χ0v) is 9.11. The first-order valence-corrected chi connectivity index (χ1v) is 5.32. The minimum absolute atomic E-state index is 0.144. The number of aryl methyl sites for hydroxylation is 1. The monoisotopic (exact) mass is 240 g/mol. The van der Waals surface area contributed by atoms with E-state index in [-0.39, 0.29) is 18.2 Å². The van der Waals surface area contributed by atoms with Gasteiger partial charge in [-0.2, -0.15) is 4.98 Å². The zero-order valence-electron chi connectivity index (χ0n) is 9.11. The molecule has 17 heavy (non-hydrogen) atoms. The summed E-state index contributed by atoms with van der Waals surface area (Å²) in [6, 6.07) is 0.144.